The van der Waals surface area contributed by atoms with Crippen LogP contribution in [0.2, 0.25) is 0 Å². The number of carbonyl (C=O) groups excluding carboxylic acids is 1. The Bertz CT molecular complexity index is 1120. The number of aromatic nitrogens is 1. The first-order valence-electron chi connectivity index (χ1n) is 7.89. The first kappa shape index (κ1) is 16.9. The quantitative estimate of drug-likeness (QED) is 0.528. The van der Waals surface area contributed by atoms with Crippen molar-refractivity contribution >= 4 is 22.6 Å². The van der Waals surface area contributed by atoms with Gasteiger partial charge in [-0.25, -0.2) is 13.2 Å². The van der Waals surface area contributed by atoms with Crippen LogP contribution < -0.4 is 5.32 Å². The van der Waals surface area contributed by atoms with Crippen LogP contribution in [0, 0.1) is 17.5 Å². The summed E-state index contributed by atoms with van der Waals surface area (Å²) in [6.07, 6.45) is -0.248. The summed E-state index contributed by atoms with van der Waals surface area (Å²) in [5.74, 6) is -4.34. The molecular formula is C19H11F3N2O3. The normalized spacial score (nSPS) is 11.1. The lowest BCUT2D eigenvalue weighted by Gasteiger charge is -2.06. The standard InChI is InChI=1S/C19H11F3N2O3/c20-12-5-6-13(19(22)18(12)21)23-17(25)9-11-8-16(27-24-11)15-7-10-3-1-2-4-14(10)26-15/h1-8H,9H2,(H,23,25). The minimum Gasteiger partial charge on any atom is -0.453 e. The van der Waals surface area contributed by atoms with Gasteiger partial charge in [0, 0.05) is 11.5 Å². The molecule has 2 aromatic heterocycles. The summed E-state index contributed by atoms with van der Waals surface area (Å²) in [5, 5.41) is 6.83. The van der Waals surface area contributed by atoms with Crippen LogP contribution in [0.3, 0.4) is 0 Å². The summed E-state index contributed by atoms with van der Waals surface area (Å²) in [6.45, 7) is 0. The SMILES string of the molecule is O=C(Cc1cc(-c2cc3ccccc3o2)on1)Nc1ccc(F)c(F)c1F. The summed E-state index contributed by atoms with van der Waals surface area (Å²) in [6, 6.07) is 12.3. The van der Waals surface area contributed by atoms with Crippen LogP contribution in [-0.4, -0.2) is 11.1 Å². The van der Waals surface area contributed by atoms with E-state index in [9.17, 15) is 18.0 Å². The van der Waals surface area contributed by atoms with E-state index in [2.05, 4.69) is 10.5 Å². The van der Waals surface area contributed by atoms with Crippen molar-refractivity contribution in [1.29, 1.82) is 0 Å². The van der Waals surface area contributed by atoms with Gasteiger partial charge in [0.05, 0.1) is 17.8 Å². The van der Waals surface area contributed by atoms with E-state index >= 15 is 0 Å². The van der Waals surface area contributed by atoms with Gasteiger partial charge in [-0.2, -0.15) is 0 Å². The fourth-order valence-electron chi connectivity index (χ4n) is 2.60. The number of halogens is 3. The molecule has 0 aliphatic carbocycles. The van der Waals surface area contributed by atoms with Gasteiger partial charge in [0.2, 0.25) is 11.7 Å². The highest BCUT2D eigenvalue weighted by molar-refractivity contribution is 5.92. The lowest BCUT2D eigenvalue weighted by Crippen LogP contribution is -2.16. The Kier molecular flexibility index (Phi) is 4.15. The van der Waals surface area contributed by atoms with Crippen LogP contribution in [-0.2, 0) is 11.2 Å². The average Bonchev–Trinajstić information content (AvgIpc) is 3.28. The number of carbonyl (C=O) groups is 1. The summed E-state index contributed by atoms with van der Waals surface area (Å²) in [5.41, 5.74) is 0.489. The van der Waals surface area contributed by atoms with Gasteiger partial charge < -0.3 is 14.3 Å². The third kappa shape index (κ3) is 3.29. The number of anilines is 1. The minimum absolute atomic E-state index is 0.248. The first-order valence-corrected chi connectivity index (χ1v) is 7.89. The lowest BCUT2D eigenvalue weighted by molar-refractivity contribution is -0.115. The van der Waals surface area contributed by atoms with Crippen LogP contribution >= 0.6 is 0 Å². The molecule has 4 rings (SSSR count). The fourth-order valence-corrected chi connectivity index (χ4v) is 2.60. The largest absolute Gasteiger partial charge is 0.453 e. The van der Waals surface area contributed by atoms with Crippen LogP contribution in [0.5, 0.6) is 0 Å². The topological polar surface area (TPSA) is 68.3 Å². The van der Waals surface area contributed by atoms with Crippen molar-refractivity contribution in [3.05, 3.63) is 71.7 Å². The maximum atomic E-state index is 13.6. The summed E-state index contributed by atoms with van der Waals surface area (Å²) < 4.78 is 50.6. The Balaban J connectivity index is 1.49. The third-order valence-electron chi connectivity index (χ3n) is 3.88. The van der Waals surface area contributed by atoms with Gasteiger partial charge in [-0.15, -0.1) is 0 Å². The Morgan fingerprint density at radius 2 is 1.81 bits per heavy atom. The minimum atomic E-state index is -1.65. The molecule has 0 aliphatic heterocycles. The van der Waals surface area contributed by atoms with Crippen LogP contribution in [0.4, 0.5) is 18.9 Å². The van der Waals surface area contributed by atoms with Crippen molar-refractivity contribution < 1.29 is 26.9 Å². The molecular weight excluding hydrogens is 361 g/mol. The predicted octanol–water partition coefficient (Wildman–Crippen LogP) is 4.69. The molecule has 8 heteroatoms. The molecule has 0 saturated heterocycles. The summed E-state index contributed by atoms with van der Waals surface area (Å²) >= 11 is 0. The average molecular weight is 372 g/mol. The van der Waals surface area contributed by atoms with Crippen molar-refractivity contribution in [1.82, 2.24) is 5.16 Å². The number of hydrogen-bond donors (Lipinski definition) is 1. The van der Waals surface area contributed by atoms with Crippen molar-refractivity contribution in [3.8, 4) is 11.5 Å². The summed E-state index contributed by atoms with van der Waals surface area (Å²) in [7, 11) is 0. The number of para-hydroxylation sites is 1. The Morgan fingerprint density at radius 1 is 1.00 bits per heavy atom. The lowest BCUT2D eigenvalue weighted by atomic mass is 10.2. The fraction of sp³-hybridized carbons (Fsp3) is 0.0526. The molecule has 1 amide bonds. The van der Waals surface area contributed by atoms with Gasteiger partial charge in [-0.3, -0.25) is 4.79 Å². The van der Waals surface area contributed by atoms with Crippen molar-refractivity contribution in [2.75, 3.05) is 5.32 Å². The van der Waals surface area contributed by atoms with Crippen molar-refractivity contribution in [3.63, 3.8) is 0 Å². The molecule has 27 heavy (non-hydrogen) atoms. The second kappa shape index (κ2) is 6.64. The second-order valence-electron chi connectivity index (χ2n) is 5.78. The van der Waals surface area contributed by atoms with Crippen molar-refractivity contribution in [2.45, 2.75) is 6.42 Å². The van der Waals surface area contributed by atoms with E-state index in [1.54, 1.807) is 12.1 Å². The Morgan fingerprint density at radius 3 is 2.63 bits per heavy atom. The predicted molar refractivity (Wildman–Crippen MR) is 90.4 cm³/mol. The van der Waals surface area contributed by atoms with Gasteiger partial charge in [0.1, 0.15) is 5.58 Å². The molecule has 0 saturated carbocycles. The number of hydrogen-bond acceptors (Lipinski definition) is 4. The zero-order valence-electron chi connectivity index (χ0n) is 13.6. The number of amides is 1. The molecule has 0 radical (unpaired) electrons. The molecule has 1 N–H and O–H groups in total. The van der Waals surface area contributed by atoms with Crippen LogP contribution in [0.15, 0.2) is 57.5 Å². The molecule has 5 nitrogen and oxygen atoms in total. The molecule has 0 fully saturated rings. The van der Waals surface area contributed by atoms with Crippen LogP contribution in [0.1, 0.15) is 5.69 Å². The molecule has 0 unspecified atom stereocenters. The van der Waals surface area contributed by atoms with E-state index in [1.165, 1.54) is 6.07 Å². The first-order chi connectivity index (χ1) is 13.0. The highest BCUT2D eigenvalue weighted by atomic mass is 19.2. The highest BCUT2D eigenvalue weighted by Gasteiger charge is 2.17. The Hall–Kier alpha value is -3.55. The summed E-state index contributed by atoms with van der Waals surface area (Å²) in [4.78, 5) is 12.0. The van der Waals surface area contributed by atoms with E-state index in [0.717, 1.165) is 17.5 Å². The van der Waals surface area contributed by atoms with Gasteiger partial charge in [0.15, 0.2) is 23.2 Å². The van der Waals surface area contributed by atoms with Gasteiger partial charge in [0.25, 0.3) is 0 Å². The third-order valence-corrected chi connectivity index (χ3v) is 3.88. The number of nitrogens with zero attached hydrogens (tertiary/aromatic N) is 1. The van der Waals surface area contributed by atoms with E-state index in [0.29, 0.717) is 17.1 Å². The second-order valence-corrected chi connectivity index (χ2v) is 5.78. The number of rotatable bonds is 4. The molecule has 2 aromatic carbocycles. The highest BCUT2D eigenvalue weighted by Crippen LogP contribution is 2.28. The zero-order chi connectivity index (χ0) is 19.0. The molecule has 4 aromatic rings. The zero-order valence-corrected chi connectivity index (χ0v) is 13.6. The molecule has 0 atom stereocenters. The number of furan rings is 1. The maximum absolute atomic E-state index is 13.6. The van der Waals surface area contributed by atoms with E-state index in [-0.39, 0.29) is 12.1 Å². The number of nitrogens with one attached hydrogen (secondary N) is 1. The number of benzene rings is 2. The van der Waals surface area contributed by atoms with Gasteiger partial charge in [-0.1, -0.05) is 23.4 Å². The smallest absolute Gasteiger partial charge is 0.230 e. The monoisotopic (exact) mass is 372 g/mol. The molecule has 0 bridgehead atoms. The number of fused-ring (bicyclic) bond motifs is 1. The van der Waals surface area contributed by atoms with Gasteiger partial charge in [-0.05, 0) is 24.3 Å². The molecule has 0 spiro atoms. The maximum Gasteiger partial charge on any atom is 0.230 e. The molecule has 2 heterocycles. The van der Waals surface area contributed by atoms with E-state index < -0.39 is 29.0 Å². The Labute approximate surface area is 150 Å². The van der Waals surface area contributed by atoms with E-state index in [1.807, 2.05) is 18.2 Å². The van der Waals surface area contributed by atoms with E-state index in [4.69, 9.17) is 8.94 Å². The van der Waals surface area contributed by atoms with Crippen LogP contribution in [0.25, 0.3) is 22.5 Å². The van der Waals surface area contributed by atoms with Gasteiger partial charge >= 0.3 is 0 Å². The molecule has 0 aliphatic rings. The van der Waals surface area contributed by atoms with Crippen molar-refractivity contribution in [2.24, 2.45) is 0 Å². The molecule has 136 valence electrons.